The van der Waals surface area contributed by atoms with Crippen molar-refractivity contribution in [3.8, 4) is 0 Å². The van der Waals surface area contributed by atoms with Crippen LogP contribution in [0.1, 0.15) is 24.8 Å². The lowest BCUT2D eigenvalue weighted by Gasteiger charge is -2.19. The summed E-state index contributed by atoms with van der Waals surface area (Å²) in [5.41, 5.74) is 0.984. The molecule has 0 amide bonds. The van der Waals surface area contributed by atoms with Crippen LogP contribution in [-0.4, -0.2) is 45.1 Å². The number of esters is 1. The van der Waals surface area contributed by atoms with E-state index >= 15 is 0 Å². The van der Waals surface area contributed by atoms with Crippen LogP contribution in [0.2, 0.25) is 0 Å². The van der Waals surface area contributed by atoms with E-state index in [4.69, 9.17) is 0 Å². The highest BCUT2D eigenvalue weighted by Gasteiger charge is 2.22. The number of hydrogen-bond acceptors (Lipinski definition) is 4. The average Bonchev–Trinajstić information content (AvgIpc) is 2.44. The van der Waals surface area contributed by atoms with Gasteiger partial charge in [0, 0.05) is 13.6 Å². The van der Waals surface area contributed by atoms with Crippen LogP contribution in [0.15, 0.2) is 30.3 Å². The molecule has 1 aromatic carbocycles. The predicted octanol–water partition coefficient (Wildman–Crippen LogP) is 1.61. The number of sulfonamides is 1. The Morgan fingerprint density at radius 3 is 2.45 bits per heavy atom. The molecule has 5 nitrogen and oxygen atoms in total. The fourth-order valence-electron chi connectivity index (χ4n) is 1.81. The van der Waals surface area contributed by atoms with Gasteiger partial charge in [-0.25, -0.2) is 12.7 Å². The molecule has 0 radical (unpaired) electrons. The third-order valence-corrected chi connectivity index (χ3v) is 5.22. The minimum Gasteiger partial charge on any atom is -0.469 e. The third kappa shape index (κ3) is 4.94. The number of rotatable bonds is 7. The quantitative estimate of drug-likeness (QED) is 0.718. The summed E-state index contributed by atoms with van der Waals surface area (Å²) in [5, 5.41) is 0. The SMILES string of the molecule is COC(=O)CCN(C)S(=O)(=O)CC(C)c1ccccc1. The molecule has 0 saturated heterocycles. The molecule has 0 aliphatic carbocycles. The monoisotopic (exact) mass is 299 g/mol. The molecular weight excluding hydrogens is 278 g/mol. The molecule has 0 bridgehead atoms. The van der Waals surface area contributed by atoms with Crippen molar-refractivity contribution in [1.82, 2.24) is 4.31 Å². The Morgan fingerprint density at radius 2 is 1.90 bits per heavy atom. The van der Waals surface area contributed by atoms with Gasteiger partial charge in [-0.05, 0) is 11.5 Å². The van der Waals surface area contributed by atoms with E-state index in [-0.39, 0.29) is 24.6 Å². The molecule has 1 atom stereocenters. The van der Waals surface area contributed by atoms with Gasteiger partial charge in [-0.1, -0.05) is 37.3 Å². The molecule has 0 N–H and O–H groups in total. The number of benzene rings is 1. The molecule has 0 aliphatic heterocycles. The second kappa shape index (κ2) is 7.40. The van der Waals surface area contributed by atoms with Crippen LogP contribution >= 0.6 is 0 Å². The maximum atomic E-state index is 12.2. The normalized spacial score (nSPS) is 13.2. The minimum absolute atomic E-state index is 0.0225. The molecule has 6 heteroatoms. The number of ether oxygens (including phenoxy) is 1. The first-order chi connectivity index (χ1) is 9.36. The minimum atomic E-state index is -3.39. The van der Waals surface area contributed by atoms with E-state index in [9.17, 15) is 13.2 Å². The first kappa shape index (κ1) is 16.7. The van der Waals surface area contributed by atoms with Gasteiger partial charge in [-0.3, -0.25) is 4.79 Å². The standard InChI is InChI=1S/C14H21NO4S/c1-12(13-7-5-4-6-8-13)11-20(17,18)15(2)10-9-14(16)19-3/h4-8,12H,9-11H2,1-3H3. The van der Waals surface area contributed by atoms with Crippen molar-refractivity contribution in [2.45, 2.75) is 19.3 Å². The number of carbonyl (C=O) groups is 1. The van der Waals surface area contributed by atoms with E-state index in [1.165, 1.54) is 18.5 Å². The fraction of sp³-hybridized carbons (Fsp3) is 0.500. The van der Waals surface area contributed by atoms with Gasteiger partial charge in [0.1, 0.15) is 0 Å². The number of carbonyl (C=O) groups excluding carboxylic acids is 1. The van der Waals surface area contributed by atoms with Crippen molar-refractivity contribution in [3.05, 3.63) is 35.9 Å². The molecule has 0 saturated carbocycles. The number of methoxy groups -OCH3 is 1. The zero-order valence-corrected chi connectivity index (χ0v) is 12.9. The largest absolute Gasteiger partial charge is 0.469 e. The average molecular weight is 299 g/mol. The smallest absolute Gasteiger partial charge is 0.306 e. The molecule has 1 rings (SSSR count). The molecule has 112 valence electrons. The lowest BCUT2D eigenvalue weighted by Crippen LogP contribution is -2.33. The fourth-order valence-corrected chi connectivity index (χ4v) is 3.26. The van der Waals surface area contributed by atoms with E-state index in [2.05, 4.69) is 4.74 Å². The van der Waals surface area contributed by atoms with Crippen molar-refractivity contribution in [2.75, 3.05) is 26.5 Å². The van der Waals surface area contributed by atoms with Crippen LogP contribution in [0.4, 0.5) is 0 Å². The van der Waals surface area contributed by atoms with Crippen molar-refractivity contribution in [2.24, 2.45) is 0 Å². The van der Waals surface area contributed by atoms with Crippen molar-refractivity contribution in [3.63, 3.8) is 0 Å². The van der Waals surface area contributed by atoms with E-state index in [1.54, 1.807) is 0 Å². The van der Waals surface area contributed by atoms with Crippen LogP contribution in [0, 0.1) is 0 Å². The summed E-state index contributed by atoms with van der Waals surface area (Å²) in [6.45, 7) is 2.01. The molecule has 1 unspecified atom stereocenters. The zero-order chi connectivity index (χ0) is 15.2. The van der Waals surface area contributed by atoms with Gasteiger partial charge in [-0.15, -0.1) is 0 Å². The first-order valence-electron chi connectivity index (χ1n) is 6.42. The maximum Gasteiger partial charge on any atom is 0.306 e. The van der Waals surface area contributed by atoms with Gasteiger partial charge < -0.3 is 4.74 Å². The van der Waals surface area contributed by atoms with Gasteiger partial charge in [0.15, 0.2) is 0 Å². The van der Waals surface area contributed by atoms with Crippen LogP contribution in [0.5, 0.6) is 0 Å². The van der Waals surface area contributed by atoms with E-state index < -0.39 is 16.0 Å². The van der Waals surface area contributed by atoms with Gasteiger partial charge >= 0.3 is 5.97 Å². The van der Waals surface area contributed by atoms with Gasteiger partial charge in [-0.2, -0.15) is 0 Å². The highest BCUT2D eigenvalue weighted by atomic mass is 32.2. The Morgan fingerprint density at radius 1 is 1.30 bits per heavy atom. The van der Waals surface area contributed by atoms with Crippen LogP contribution < -0.4 is 0 Å². The van der Waals surface area contributed by atoms with Crippen molar-refractivity contribution < 1.29 is 17.9 Å². The summed E-state index contributed by atoms with van der Waals surface area (Å²) in [5.74, 6) is -0.487. The van der Waals surface area contributed by atoms with Crippen molar-refractivity contribution in [1.29, 1.82) is 0 Å². The summed E-state index contributed by atoms with van der Waals surface area (Å²) >= 11 is 0. The summed E-state index contributed by atoms with van der Waals surface area (Å²) in [7, 11) is -0.618. The first-order valence-corrected chi connectivity index (χ1v) is 8.03. The van der Waals surface area contributed by atoms with Crippen LogP contribution in [0.3, 0.4) is 0 Å². The zero-order valence-electron chi connectivity index (χ0n) is 12.1. The Labute approximate surface area is 120 Å². The molecular formula is C14H21NO4S. The van der Waals surface area contributed by atoms with Gasteiger partial charge in [0.05, 0.1) is 19.3 Å². The molecule has 0 aliphatic rings. The van der Waals surface area contributed by atoms with E-state index in [0.717, 1.165) is 5.56 Å². The molecule has 0 aromatic heterocycles. The highest BCUT2D eigenvalue weighted by Crippen LogP contribution is 2.18. The maximum absolute atomic E-state index is 12.2. The third-order valence-electron chi connectivity index (χ3n) is 3.16. The summed E-state index contributed by atoms with van der Waals surface area (Å²) < 4.78 is 30.1. The summed E-state index contributed by atoms with van der Waals surface area (Å²) in [4.78, 5) is 11.0. The summed E-state index contributed by atoms with van der Waals surface area (Å²) in [6.07, 6.45) is 0.0615. The second-order valence-corrected chi connectivity index (χ2v) is 6.86. The Hall–Kier alpha value is -1.40. The molecule has 0 spiro atoms. The lowest BCUT2D eigenvalue weighted by atomic mass is 10.0. The number of nitrogens with zero attached hydrogens (tertiary/aromatic N) is 1. The van der Waals surface area contributed by atoms with Crippen molar-refractivity contribution >= 4 is 16.0 Å². The Kier molecular flexibility index (Phi) is 6.16. The predicted molar refractivity (Wildman–Crippen MR) is 77.9 cm³/mol. The topological polar surface area (TPSA) is 63.7 Å². The van der Waals surface area contributed by atoms with Gasteiger partial charge in [0.2, 0.25) is 10.0 Å². The van der Waals surface area contributed by atoms with Crippen LogP contribution in [-0.2, 0) is 19.6 Å². The molecule has 20 heavy (non-hydrogen) atoms. The van der Waals surface area contributed by atoms with Crippen LogP contribution in [0.25, 0.3) is 0 Å². The van der Waals surface area contributed by atoms with Gasteiger partial charge in [0.25, 0.3) is 0 Å². The Bertz CT molecular complexity index is 527. The molecule has 1 aromatic rings. The Balaban J connectivity index is 2.62. The molecule has 0 heterocycles. The lowest BCUT2D eigenvalue weighted by molar-refractivity contribution is -0.140. The van der Waals surface area contributed by atoms with E-state index in [1.807, 2.05) is 37.3 Å². The summed E-state index contributed by atoms with van der Waals surface area (Å²) in [6, 6.07) is 9.50. The van der Waals surface area contributed by atoms with E-state index in [0.29, 0.717) is 0 Å². The number of hydrogen-bond donors (Lipinski definition) is 0. The molecule has 0 fully saturated rings. The second-order valence-electron chi connectivity index (χ2n) is 4.74. The highest BCUT2D eigenvalue weighted by molar-refractivity contribution is 7.89.